The van der Waals surface area contributed by atoms with Gasteiger partial charge in [-0.3, -0.25) is 5.10 Å². The van der Waals surface area contributed by atoms with Crippen LogP contribution >= 0.6 is 44.1 Å². The van der Waals surface area contributed by atoms with E-state index in [4.69, 9.17) is 17.0 Å². The molecule has 0 aliphatic rings. The number of halogens is 2. The first-order valence-corrected chi connectivity index (χ1v) is 9.13. The summed E-state index contributed by atoms with van der Waals surface area (Å²) in [5, 5.41) is 6.56. The zero-order valence-corrected chi connectivity index (χ0v) is 16.5. The van der Waals surface area contributed by atoms with E-state index in [2.05, 4.69) is 47.5 Å². The van der Waals surface area contributed by atoms with Gasteiger partial charge in [0.25, 0.3) is 0 Å². The van der Waals surface area contributed by atoms with Crippen LogP contribution in [0, 0.1) is 4.77 Å². The second kappa shape index (κ2) is 7.96. The van der Waals surface area contributed by atoms with Crippen LogP contribution in [0.5, 0.6) is 5.75 Å². The van der Waals surface area contributed by atoms with Crippen molar-refractivity contribution in [2.45, 2.75) is 13.2 Å². The highest BCUT2D eigenvalue weighted by Crippen LogP contribution is 2.35. The van der Waals surface area contributed by atoms with E-state index in [1.54, 1.807) is 11.0 Å². The molecule has 0 saturated heterocycles. The molecule has 3 rings (SSSR count). The number of aromatic amines is 1. The van der Waals surface area contributed by atoms with Crippen molar-refractivity contribution in [3.63, 3.8) is 0 Å². The Morgan fingerprint density at radius 2 is 1.83 bits per heavy atom. The molecule has 0 fully saturated rings. The molecule has 0 aliphatic heterocycles. The predicted octanol–water partition coefficient (Wildman–Crippen LogP) is 4.79. The molecule has 5 nitrogen and oxygen atoms in total. The van der Waals surface area contributed by atoms with E-state index < -0.39 is 0 Å². The fraction of sp³-hybridized carbons (Fsp3) is 0.125. The minimum absolute atomic E-state index is 0.514. The highest BCUT2D eigenvalue weighted by molar-refractivity contribution is 9.11. The van der Waals surface area contributed by atoms with Gasteiger partial charge in [-0.05, 0) is 67.3 Å². The number of H-pyrrole nitrogens is 1. The first-order chi connectivity index (χ1) is 11.6. The van der Waals surface area contributed by atoms with Crippen molar-refractivity contribution in [1.29, 1.82) is 0 Å². The van der Waals surface area contributed by atoms with Crippen LogP contribution in [0.1, 0.15) is 11.1 Å². The quantitative estimate of drug-likeness (QED) is 0.509. The van der Waals surface area contributed by atoms with E-state index in [-0.39, 0.29) is 0 Å². The molecule has 0 atom stereocenters. The van der Waals surface area contributed by atoms with Gasteiger partial charge in [-0.15, -0.1) is 0 Å². The molecule has 24 heavy (non-hydrogen) atoms. The van der Waals surface area contributed by atoms with Gasteiger partial charge in [-0.2, -0.15) is 5.10 Å². The van der Waals surface area contributed by atoms with Crippen LogP contribution in [0.25, 0.3) is 0 Å². The highest BCUT2D eigenvalue weighted by atomic mass is 79.9. The highest BCUT2D eigenvalue weighted by Gasteiger charge is 2.09. The van der Waals surface area contributed by atoms with Crippen molar-refractivity contribution in [2.75, 3.05) is 5.43 Å². The molecule has 0 bridgehead atoms. The zero-order chi connectivity index (χ0) is 16.9. The number of hydrogen-bond donors (Lipinski definition) is 2. The monoisotopic (exact) mass is 468 g/mol. The van der Waals surface area contributed by atoms with Crippen molar-refractivity contribution >= 4 is 44.1 Å². The van der Waals surface area contributed by atoms with Gasteiger partial charge in [0, 0.05) is 0 Å². The van der Waals surface area contributed by atoms with E-state index in [9.17, 15) is 0 Å². The third-order valence-corrected chi connectivity index (χ3v) is 4.76. The fourth-order valence-electron chi connectivity index (χ4n) is 2.12. The van der Waals surface area contributed by atoms with Gasteiger partial charge in [0.15, 0.2) is 0 Å². The normalized spacial score (nSPS) is 10.6. The minimum atomic E-state index is 0.514. The molecule has 0 aliphatic carbocycles. The van der Waals surface area contributed by atoms with Crippen LogP contribution in [0.2, 0.25) is 0 Å². The molecule has 0 saturated carbocycles. The Kier molecular flexibility index (Phi) is 5.70. The van der Waals surface area contributed by atoms with Gasteiger partial charge in [0.1, 0.15) is 18.7 Å². The van der Waals surface area contributed by atoms with E-state index in [0.29, 0.717) is 17.9 Å². The Hall–Kier alpha value is -1.64. The molecule has 1 aromatic heterocycles. The number of benzene rings is 2. The van der Waals surface area contributed by atoms with E-state index >= 15 is 0 Å². The number of nitrogens with zero attached hydrogens (tertiary/aromatic N) is 2. The average Bonchev–Trinajstić information content (AvgIpc) is 2.98. The molecular formula is C16H14Br2N4OS. The van der Waals surface area contributed by atoms with Crippen molar-refractivity contribution in [3.8, 4) is 5.75 Å². The summed E-state index contributed by atoms with van der Waals surface area (Å²) in [5.74, 6) is 0.780. The lowest BCUT2D eigenvalue weighted by atomic mass is 10.2. The lowest BCUT2D eigenvalue weighted by Gasteiger charge is -2.13. The Balaban J connectivity index is 1.69. The molecular weight excluding hydrogens is 456 g/mol. The van der Waals surface area contributed by atoms with Gasteiger partial charge in [-0.1, -0.05) is 30.3 Å². The van der Waals surface area contributed by atoms with Crippen LogP contribution in [0.3, 0.4) is 0 Å². The number of ether oxygens (including phenoxy) is 1. The summed E-state index contributed by atoms with van der Waals surface area (Å²) in [6, 6.07) is 14.1. The Bertz CT molecular complexity index is 856. The lowest BCUT2D eigenvalue weighted by molar-refractivity contribution is 0.302. The maximum Gasteiger partial charge on any atom is 0.214 e. The van der Waals surface area contributed by atoms with Gasteiger partial charge < -0.3 is 10.2 Å². The number of aromatic nitrogens is 3. The van der Waals surface area contributed by atoms with Crippen molar-refractivity contribution in [3.05, 3.63) is 73.6 Å². The van der Waals surface area contributed by atoms with Gasteiger partial charge in [-0.25, -0.2) is 4.68 Å². The van der Waals surface area contributed by atoms with Crippen LogP contribution in [0.15, 0.2) is 57.7 Å². The Morgan fingerprint density at radius 3 is 2.46 bits per heavy atom. The maximum absolute atomic E-state index is 5.93. The summed E-state index contributed by atoms with van der Waals surface area (Å²) in [6.07, 6.45) is 1.60. The Morgan fingerprint density at radius 1 is 1.12 bits per heavy atom. The molecule has 0 radical (unpaired) electrons. The molecule has 2 N–H and O–H groups in total. The molecule has 3 aromatic rings. The first-order valence-electron chi connectivity index (χ1n) is 7.14. The second-order valence-corrected chi connectivity index (χ2v) is 7.12. The minimum Gasteiger partial charge on any atom is -0.487 e. The van der Waals surface area contributed by atoms with Crippen molar-refractivity contribution < 1.29 is 4.74 Å². The van der Waals surface area contributed by atoms with E-state index in [0.717, 1.165) is 25.8 Å². The molecule has 0 spiro atoms. The van der Waals surface area contributed by atoms with Gasteiger partial charge in [0.2, 0.25) is 4.77 Å². The third kappa shape index (κ3) is 4.25. The summed E-state index contributed by atoms with van der Waals surface area (Å²) in [6.45, 7) is 1.11. The first kappa shape index (κ1) is 17.2. The van der Waals surface area contributed by atoms with E-state index in [1.165, 1.54) is 0 Å². The molecule has 0 unspecified atom stereocenters. The van der Waals surface area contributed by atoms with Crippen LogP contribution in [-0.2, 0) is 13.2 Å². The Labute approximate surface area is 161 Å². The summed E-state index contributed by atoms with van der Waals surface area (Å²) in [5.41, 5.74) is 5.37. The molecule has 124 valence electrons. The van der Waals surface area contributed by atoms with Crippen molar-refractivity contribution in [2.24, 2.45) is 0 Å². The van der Waals surface area contributed by atoms with E-state index in [1.807, 2.05) is 42.5 Å². The number of hydrogen-bond acceptors (Lipinski definition) is 4. The number of rotatable bonds is 6. The zero-order valence-electron chi connectivity index (χ0n) is 12.5. The predicted molar refractivity (Wildman–Crippen MR) is 103 cm³/mol. The van der Waals surface area contributed by atoms with Crippen LogP contribution in [-0.4, -0.2) is 14.9 Å². The average molecular weight is 470 g/mol. The lowest BCUT2D eigenvalue weighted by Crippen LogP contribution is -2.13. The largest absolute Gasteiger partial charge is 0.487 e. The molecule has 1 heterocycles. The third-order valence-electron chi connectivity index (χ3n) is 3.29. The van der Waals surface area contributed by atoms with Gasteiger partial charge in [0.05, 0.1) is 15.5 Å². The number of nitrogens with one attached hydrogen (secondary N) is 2. The summed E-state index contributed by atoms with van der Waals surface area (Å²) >= 11 is 12.3. The van der Waals surface area contributed by atoms with Gasteiger partial charge >= 0.3 is 0 Å². The summed E-state index contributed by atoms with van der Waals surface area (Å²) in [7, 11) is 0. The topological polar surface area (TPSA) is 54.9 Å². The molecule has 0 amide bonds. The molecule has 2 aromatic carbocycles. The SMILES string of the molecule is S=c1[nH]ncn1NCc1cc(Br)c(OCc2ccccc2)c(Br)c1. The maximum atomic E-state index is 5.93. The smallest absolute Gasteiger partial charge is 0.214 e. The summed E-state index contributed by atoms with van der Waals surface area (Å²) in [4.78, 5) is 0. The standard InChI is InChI=1S/C16H14Br2N4OS/c17-13-6-12(8-20-22-10-19-21-16(22)24)7-14(18)15(13)23-9-11-4-2-1-3-5-11/h1-7,10,20H,8-9H2,(H,21,24). The van der Waals surface area contributed by atoms with Crippen LogP contribution in [0.4, 0.5) is 0 Å². The second-order valence-electron chi connectivity index (χ2n) is 5.03. The summed E-state index contributed by atoms with van der Waals surface area (Å²) < 4.78 is 9.89. The fourth-order valence-corrected chi connectivity index (χ4v) is 3.79. The van der Waals surface area contributed by atoms with Crippen molar-refractivity contribution in [1.82, 2.24) is 14.9 Å². The molecule has 8 heteroatoms. The van der Waals surface area contributed by atoms with Crippen LogP contribution < -0.4 is 10.2 Å².